The van der Waals surface area contributed by atoms with Gasteiger partial charge >= 0.3 is 0 Å². The molecule has 2 aromatic rings. The molecule has 2 rings (SSSR count). The van der Waals surface area contributed by atoms with Crippen LogP contribution in [0.2, 0.25) is 0 Å². The Kier molecular flexibility index (Phi) is 4.49. The van der Waals surface area contributed by atoms with Gasteiger partial charge in [-0.1, -0.05) is 64.5 Å². The Bertz CT molecular complexity index is 439. The van der Waals surface area contributed by atoms with Crippen LogP contribution in [-0.2, 0) is 11.5 Å². The first-order valence-electron chi connectivity index (χ1n) is 5.21. The second-order valence-electron chi connectivity index (χ2n) is 3.57. The fraction of sp³-hybridized carbons (Fsp3) is 0.143. The molecule has 0 fully saturated rings. The Labute approximate surface area is 109 Å². The second-order valence-corrected chi connectivity index (χ2v) is 5.41. The Morgan fingerprint density at radius 1 is 0.812 bits per heavy atom. The van der Waals surface area contributed by atoms with Crippen LogP contribution in [0.1, 0.15) is 11.1 Å². The van der Waals surface area contributed by atoms with E-state index in [0.717, 1.165) is 11.5 Å². The molecule has 16 heavy (non-hydrogen) atoms. The van der Waals surface area contributed by atoms with Crippen molar-refractivity contribution in [1.82, 2.24) is 0 Å². The van der Waals surface area contributed by atoms with Gasteiger partial charge in [-0.2, -0.15) is 11.8 Å². The summed E-state index contributed by atoms with van der Waals surface area (Å²) in [7, 11) is 0. The molecular formula is C14H13BrS. The predicted molar refractivity (Wildman–Crippen MR) is 75.6 cm³/mol. The van der Waals surface area contributed by atoms with Crippen molar-refractivity contribution in [3.63, 3.8) is 0 Å². The summed E-state index contributed by atoms with van der Waals surface area (Å²) in [6.07, 6.45) is 0. The first-order chi connectivity index (χ1) is 7.86. The molecule has 0 aliphatic carbocycles. The zero-order valence-corrected chi connectivity index (χ0v) is 11.3. The van der Waals surface area contributed by atoms with Gasteiger partial charge < -0.3 is 0 Å². The molecule has 2 heteroatoms. The highest BCUT2D eigenvalue weighted by Gasteiger charge is 1.98. The quantitative estimate of drug-likeness (QED) is 0.774. The normalized spacial score (nSPS) is 10.3. The summed E-state index contributed by atoms with van der Waals surface area (Å²) in [4.78, 5) is 0. The minimum absolute atomic E-state index is 1.05. The van der Waals surface area contributed by atoms with Crippen molar-refractivity contribution in [1.29, 1.82) is 0 Å². The molecule has 0 aromatic heterocycles. The number of benzene rings is 2. The van der Waals surface area contributed by atoms with Crippen molar-refractivity contribution in [2.75, 3.05) is 0 Å². The molecule has 0 bridgehead atoms. The molecule has 82 valence electrons. The SMILES string of the molecule is Brc1ccccc1CSCc1ccccc1. The number of rotatable bonds is 4. The van der Waals surface area contributed by atoms with Gasteiger partial charge in [0.15, 0.2) is 0 Å². The van der Waals surface area contributed by atoms with Crippen molar-refractivity contribution >= 4 is 27.7 Å². The molecule has 0 radical (unpaired) electrons. The lowest BCUT2D eigenvalue weighted by Gasteiger charge is -2.04. The zero-order chi connectivity index (χ0) is 11.2. The molecule has 0 saturated heterocycles. The topological polar surface area (TPSA) is 0 Å². The molecule has 0 aliphatic heterocycles. The van der Waals surface area contributed by atoms with Gasteiger partial charge in [-0.15, -0.1) is 0 Å². The third-order valence-corrected chi connectivity index (χ3v) is 4.15. The van der Waals surface area contributed by atoms with Crippen LogP contribution in [0.3, 0.4) is 0 Å². The minimum Gasteiger partial charge on any atom is -0.152 e. The van der Waals surface area contributed by atoms with Gasteiger partial charge in [-0.05, 0) is 17.2 Å². The fourth-order valence-corrected chi connectivity index (χ4v) is 3.08. The number of hydrogen-bond donors (Lipinski definition) is 0. The number of halogens is 1. The maximum atomic E-state index is 3.57. The van der Waals surface area contributed by atoms with Crippen LogP contribution >= 0.6 is 27.7 Å². The van der Waals surface area contributed by atoms with Crippen LogP contribution in [0.25, 0.3) is 0 Å². The molecule has 0 N–H and O–H groups in total. The van der Waals surface area contributed by atoms with E-state index in [-0.39, 0.29) is 0 Å². The van der Waals surface area contributed by atoms with Gasteiger partial charge in [0.2, 0.25) is 0 Å². The summed E-state index contributed by atoms with van der Waals surface area (Å²) in [5, 5.41) is 0. The van der Waals surface area contributed by atoms with E-state index in [2.05, 4.69) is 70.5 Å². The molecule has 2 aromatic carbocycles. The van der Waals surface area contributed by atoms with Crippen LogP contribution in [0.4, 0.5) is 0 Å². The average molecular weight is 293 g/mol. The Morgan fingerprint density at radius 3 is 2.25 bits per heavy atom. The monoisotopic (exact) mass is 292 g/mol. The highest BCUT2D eigenvalue weighted by atomic mass is 79.9. The molecule has 0 nitrogen and oxygen atoms in total. The first-order valence-corrected chi connectivity index (χ1v) is 7.16. The number of hydrogen-bond acceptors (Lipinski definition) is 1. The van der Waals surface area contributed by atoms with Crippen molar-refractivity contribution in [3.8, 4) is 0 Å². The smallest absolute Gasteiger partial charge is 0.0215 e. The van der Waals surface area contributed by atoms with Crippen LogP contribution in [-0.4, -0.2) is 0 Å². The van der Waals surface area contributed by atoms with Crippen molar-refractivity contribution in [2.45, 2.75) is 11.5 Å². The van der Waals surface area contributed by atoms with E-state index in [1.807, 2.05) is 11.8 Å². The molecule has 0 amide bonds. The van der Waals surface area contributed by atoms with Gasteiger partial charge in [-0.25, -0.2) is 0 Å². The Balaban J connectivity index is 1.87. The maximum absolute atomic E-state index is 3.57. The van der Waals surface area contributed by atoms with Crippen LogP contribution < -0.4 is 0 Å². The summed E-state index contributed by atoms with van der Waals surface area (Å²) in [5.74, 6) is 2.12. The molecule has 0 aliphatic rings. The summed E-state index contributed by atoms with van der Waals surface area (Å²) in [6.45, 7) is 0. The van der Waals surface area contributed by atoms with E-state index < -0.39 is 0 Å². The predicted octanol–water partition coefficient (Wildman–Crippen LogP) is 4.88. The molecule has 0 saturated carbocycles. The third-order valence-electron chi connectivity index (χ3n) is 2.33. The lowest BCUT2D eigenvalue weighted by Crippen LogP contribution is -1.84. The van der Waals surface area contributed by atoms with Crippen molar-refractivity contribution in [2.24, 2.45) is 0 Å². The number of thioether (sulfide) groups is 1. The largest absolute Gasteiger partial charge is 0.152 e. The average Bonchev–Trinajstić information content (AvgIpc) is 2.33. The third kappa shape index (κ3) is 3.39. The van der Waals surface area contributed by atoms with Gasteiger partial charge in [0, 0.05) is 16.0 Å². The van der Waals surface area contributed by atoms with E-state index >= 15 is 0 Å². The van der Waals surface area contributed by atoms with Gasteiger partial charge in [-0.3, -0.25) is 0 Å². The van der Waals surface area contributed by atoms with E-state index in [4.69, 9.17) is 0 Å². The van der Waals surface area contributed by atoms with Gasteiger partial charge in [0.25, 0.3) is 0 Å². The van der Waals surface area contributed by atoms with Crippen molar-refractivity contribution < 1.29 is 0 Å². The molecule has 0 atom stereocenters. The van der Waals surface area contributed by atoms with Crippen LogP contribution in [0.15, 0.2) is 59.1 Å². The summed E-state index contributed by atoms with van der Waals surface area (Å²) < 4.78 is 1.20. The second kappa shape index (κ2) is 6.12. The molecule has 0 heterocycles. The maximum Gasteiger partial charge on any atom is 0.0215 e. The summed E-state index contributed by atoms with van der Waals surface area (Å²) in [6, 6.07) is 19.0. The van der Waals surface area contributed by atoms with Crippen LogP contribution in [0, 0.1) is 0 Å². The zero-order valence-electron chi connectivity index (χ0n) is 8.90. The summed E-state index contributed by atoms with van der Waals surface area (Å²) in [5.41, 5.74) is 2.75. The van der Waals surface area contributed by atoms with Gasteiger partial charge in [0.05, 0.1) is 0 Å². The first kappa shape index (κ1) is 11.7. The molecule has 0 spiro atoms. The van der Waals surface area contributed by atoms with E-state index in [1.165, 1.54) is 15.6 Å². The highest BCUT2D eigenvalue weighted by Crippen LogP contribution is 2.23. The molecular weight excluding hydrogens is 280 g/mol. The lowest BCUT2D eigenvalue weighted by molar-refractivity contribution is 1.35. The summed E-state index contributed by atoms with van der Waals surface area (Å²) >= 11 is 5.51. The van der Waals surface area contributed by atoms with E-state index in [9.17, 15) is 0 Å². The lowest BCUT2D eigenvalue weighted by atomic mass is 10.2. The standard InChI is InChI=1S/C14H13BrS/c15-14-9-5-4-8-13(14)11-16-10-12-6-2-1-3-7-12/h1-9H,10-11H2. The Morgan fingerprint density at radius 2 is 1.50 bits per heavy atom. The van der Waals surface area contributed by atoms with Gasteiger partial charge in [0.1, 0.15) is 0 Å². The van der Waals surface area contributed by atoms with Crippen molar-refractivity contribution in [3.05, 3.63) is 70.2 Å². The van der Waals surface area contributed by atoms with E-state index in [0.29, 0.717) is 0 Å². The molecule has 0 unspecified atom stereocenters. The Hall–Kier alpha value is -0.730. The fourth-order valence-electron chi connectivity index (χ4n) is 1.47. The minimum atomic E-state index is 1.05. The van der Waals surface area contributed by atoms with Crippen LogP contribution in [0.5, 0.6) is 0 Å². The van der Waals surface area contributed by atoms with E-state index in [1.54, 1.807) is 0 Å². The highest BCUT2D eigenvalue weighted by molar-refractivity contribution is 9.10.